The van der Waals surface area contributed by atoms with E-state index in [4.69, 9.17) is 14.2 Å². The number of carbonyl (C=O) groups is 3. The number of esters is 3. The molecule has 0 saturated heterocycles. The van der Waals surface area contributed by atoms with Gasteiger partial charge in [-0.1, -0.05) is 0 Å². The first-order valence-electron chi connectivity index (χ1n) is 7.29. The molecule has 0 saturated carbocycles. The second-order valence-corrected chi connectivity index (χ2v) is 4.45. The van der Waals surface area contributed by atoms with Crippen molar-refractivity contribution in [2.24, 2.45) is 0 Å². The maximum absolute atomic E-state index is 11.9. The van der Waals surface area contributed by atoms with Crippen LogP contribution in [0.3, 0.4) is 0 Å². The molecule has 0 aromatic heterocycles. The van der Waals surface area contributed by atoms with Crippen LogP contribution >= 0.6 is 0 Å². The summed E-state index contributed by atoms with van der Waals surface area (Å²) in [5.74, 6) is -1.56. The number of hydrogen-bond donors (Lipinski definition) is 0. The van der Waals surface area contributed by atoms with Gasteiger partial charge in [-0.3, -0.25) is 4.79 Å². The van der Waals surface area contributed by atoms with Gasteiger partial charge in [0, 0.05) is 13.2 Å². The highest BCUT2D eigenvalue weighted by molar-refractivity contribution is 5.93. The molecule has 0 heterocycles. The molecule has 0 fully saturated rings. The maximum Gasteiger partial charge on any atom is 0.336 e. The molecule has 0 bridgehead atoms. The van der Waals surface area contributed by atoms with E-state index in [0.717, 1.165) is 0 Å². The second kappa shape index (κ2) is 10.6. The van der Waals surface area contributed by atoms with Crippen LogP contribution in [0.4, 0.5) is 0 Å². The zero-order valence-electron chi connectivity index (χ0n) is 13.9. The van der Waals surface area contributed by atoms with Crippen molar-refractivity contribution in [2.75, 3.05) is 26.9 Å². The lowest BCUT2D eigenvalue weighted by Crippen LogP contribution is -2.34. The van der Waals surface area contributed by atoms with E-state index in [1.54, 1.807) is 34.7 Å². The summed E-state index contributed by atoms with van der Waals surface area (Å²) < 4.78 is 14.7. The van der Waals surface area contributed by atoms with Crippen molar-refractivity contribution >= 4 is 17.9 Å². The molecule has 0 aromatic carbocycles. The number of nitrogens with zero attached hydrogens (tertiary/aromatic N) is 1. The molecule has 0 aromatic rings. The molecule has 0 aliphatic heterocycles. The Bertz CT molecular complexity index is 418. The molecule has 22 heavy (non-hydrogen) atoms. The Labute approximate surface area is 131 Å². The number of rotatable bonds is 9. The van der Waals surface area contributed by atoms with Gasteiger partial charge in [0.1, 0.15) is 6.04 Å². The van der Waals surface area contributed by atoms with Crippen LogP contribution in [0, 0.1) is 0 Å². The van der Waals surface area contributed by atoms with Crippen LogP contribution in [-0.4, -0.2) is 55.7 Å². The van der Waals surface area contributed by atoms with Crippen LogP contribution in [-0.2, 0) is 28.6 Å². The molecule has 1 unspecified atom stereocenters. The van der Waals surface area contributed by atoms with Gasteiger partial charge in [-0.05, 0) is 27.7 Å². The third kappa shape index (κ3) is 7.10. The van der Waals surface area contributed by atoms with Crippen molar-refractivity contribution in [1.82, 2.24) is 4.90 Å². The molecule has 0 radical (unpaired) electrons. The molecule has 0 amide bonds. The van der Waals surface area contributed by atoms with Crippen LogP contribution in [0.1, 0.15) is 34.1 Å². The topological polar surface area (TPSA) is 82.1 Å². The first-order valence-corrected chi connectivity index (χ1v) is 7.29. The number of ether oxygens (including phenoxy) is 3. The normalized spacial score (nSPS) is 12.3. The quantitative estimate of drug-likeness (QED) is 0.360. The Kier molecular flexibility index (Phi) is 9.65. The Hall–Kier alpha value is -2.05. The van der Waals surface area contributed by atoms with Gasteiger partial charge in [-0.15, -0.1) is 0 Å². The van der Waals surface area contributed by atoms with E-state index in [9.17, 15) is 14.4 Å². The first-order chi connectivity index (χ1) is 10.4. The van der Waals surface area contributed by atoms with Crippen LogP contribution in [0.5, 0.6) is 0 Å². The fourth-order valence-electron chi connectivity index (χ4n) is 1.55. The van der Waals surface area contributed by atoms with Gasteiger partial charge in [-0.2, -0.15) is 0 Å². The van der Waals surface area contributed by atoms with Crippen molar-refractivity contribution in [1.29, 1.82) is 0 Å². The van der Waals surface area contributed by atoms with Gasteiger partial charge in [0.15, 0.2) is 0 Å². The number of likely N-dealkylation sites (N-methyl/N-ethyl adjacent to an activating group) is 1. The first kappa shape index (κ1) is 19.9. The summed E-state index contributed by atoms with van der Waals surface area (Å²) >= 11 is 0. The maximum atomic E-state index is 11.9. The van der Waals surface area contributed by atoms with Gasteiger partial charge in [0.2, 0.25) is 0 Å². The highest BCUT2D eigenvalue weighted by Gasteiger charge is 2.21. The molecule has 0 aliphatic rings. The van der Waals surface area contributed by atoms with E-state index in [-0.39, 0.29) is 31.8 Å². The smallest absolute Gasteiger partial charge is 0.336 e. The van der Waals surface area contributed by atoms with E-state index in [2.05, 4.69) is 0 Å². The van der Waals surface area contributed by atoms with Crippen LogP contribution in [0.25, 0.3) is 0 Å². The summed E-state index contributed by atoms with van der Waals surface area (Å²) in [5.41, 5.74) is 0.124. The fourth-order valence-corrected chi connectivity index (χ4v) is 1.55. The molecule has 0 rings (SSSR count). The lowest BCUT2D eigenvalue weighted by atomic mass is 10.2. The zero-order valence-corrected chi connectivity index (χ0v) is 13.9. The lowest BCUT2D eigenvalue weighted by molar-refractivity contribution is -0.147. The van der Waals surface area contributed by atoms with E-state index in [0.29, 0.717) is 0 Å². The largest absolute Gasteiger partial charge is 0.466 e. The van der Waals surface area contributed by atoms with Crippen molar-refractivity contribution in [3.8, 4) is 0 Å². The average Bonchev–Trinajstić information content (AvgIpc) is 2.46. The van der Waals surface area contributed by atoms with Crippen molar-refractivity contribution in [2.45, 2.75) is 40.2 Å². The number of hydrogen-bond acceptors (Lipinski definition) is 7. The van der Waals surface area contributed by atoms with E-state index < -0.39 is 23.9 Å². The van der Waals surface area contributed by atoms with Gasteiger partial charge in [0.25, 0.3) is 0 Å². The lowest BCUT2D eigenvalue weighted by Gasteiger charge is -2.22. The molecule has 0 N–H and O–H groups in total. The summed E-state index contributed by atoms with van der Waals surface area (Å²) in [4.78, 5) is 36.7. The van der Waals surface area contributed by atoms with Crippen LogP contribution < -0.4 is 0 Å². The van der Waals surface area contributed by atoms with Gasteiger partial charge in [0.05, 0.1) is 31.8 Å². The van der Waals surface area contributed by atoms with Crippen molar-refractivity contribution in [3.05, 3.63) is 11.8 Å². The third-order valence-corrected chi connectivity index (χ3v) is 2.78. The molecule has 0 spiro atoms. The molecule has 7 heteroatoms. The summed E-state index contributed by atoms with van der Waals surface area (Å²) in [7, 11) is 1.62. The predicted molar refractivity (Wildman–Crippen MR) is 79.8 cm³/mol. The minimum Gasteiger partial charge on any atom is -0.466 e. The molecule has 7 nitrogen and oxygen atoms in total. The van der Waals surface area contributed by atoms with E-state index >= 15 is 0 Å². The minimum atomic E-state index is -0.613. The van der Waals surface area contributed by atoms with Crippen molar-refractivity contribution in [3.63, 3.8) is 0 Å². The summed E-state index contributed by atoms with van der Waals surface area (Å²) in [5, 5.41) is 0. The fraction of sp³-hybridized carbons (Fsp3) is 0.667. The molecule has 126 valence electrons. The standard InChI is InChI=1S/C15H25NO6/c1-6-20-13(17)9-12(15(19)22-8-3)10-16(5)11(4)14(18)21-7-2/h10-11H,6-9H2,1-5H3/b12-10-. The van der Waals surface area contributed by atoms with Crippen LogP contribution in [0.2, 0.25) is 0 Å². The van der Waals surface area contributed by atoms with Gasteiger partial charge in [-0.25, -0.2) is 9.59 Å². The predicted octanol–water partition coefficient (Wildman–Crippen LogP) is 1.27. The molecule has 0 aliphatic carbocycles. The van der Waals surface area contributed by atoms with Gasteiger partial charge < -0.3 is 19.1 Å². The molecular formula is C15H25NO6. The minimum absolute atomic E-state index is 0.124. The Morgan fingerprint density at radius 1 is 1.00 bits per heavy atom. The summed E-state index contributed by atoms with van der Waals surface area (Å²) in [6, 6.07) is -0.591. The molecule has 1 atom stereocenters. The van der Waals surface area contributed by atoms with Crippen molar-refractivity contribution < 1.29 is 28.6 Å². The Balaban J connectivity index is 5.08. The average molecular weight is 315 g/mol. The highest BCUT2D eigenvalue weighted by atomic mass is 16.5. The Morgan fingerprint density at radius 2 is 1.55 bits per heavy atom. The third-order valence-electron chi connectivity index (χ3n) is 2.78. The number of carbonyl (C=O) groups excluding carboxylic acids is 3. The Morgan fingerprint density at radius 3 is 2.05 bits per heavy atom. The summed E-state index contributed by atoms with van der Waals surface area (Å²) in [6.07, 6.45) is 1.20. The van der Waals surface area contributed by atoms with E-state index in [1.165, 1.54) is 11.1 Å². The van der Waals surface area contributed by atoms with E-state index in [1.807, 2.05) is 0 Å². The molecular weight excluding hydrogens is 290 g/mol. The summed E-state index contributed by atoms with van der Waals surface area (Å²) in [6.45, 7) is 7.40. The zero-order chi connectivity index (χ0) is 17.1. The second-order valence-electron chi connectivity index (χ2n) is 4.45. The highest BCUT2D eigenvalue weighted by Crippen LogP contribution is 2.10. The van der Waals surface area contributed by atoms with Crippen LogP contribution in [0.15, 0.2) is 11.8 Å². The monoisotopic (exact) mass is 315 g/mol. The SMILES string of the molecule is CCOC(=O)C/C(=C/N(C)C(C)C(=O)OCC)C(=O)OCC. The van der Waals surface area contributed by atoms with Gasteiger partial charge >= 0.3 is 17.9 Å².